The minimum atomic E-state index is -0.432. The summed E-state index contributed by atoms with van der Waals surface area (Å²) < 4.78 is 5.17. The van der Waals surface area contributed by atoms with Gasteiger partial charge in [-0.3, -0.25) is 0 Å². The summed E-state index contributed by atoms with van der Waals surface area (Å²) in [5.41, 5.74) is 9.57. The van der Waals surface area contributed by atoms with Crippen molar-refractivity contribution in [3.63, 3.8) is 0 Å². The maximum absolute atomic E-state index is 12.4. The van der Waals surface area contributed by atoms with Crippen molar-refractivity contribution in [2.75, 3.05) is 12.3 Å². The van der Waals surface area contributed by atoms with Crippen molar-refractivity contribution in [1.82, 2.24) is 15.0 Å². The standard InChI is InChI=1S/C18H17ClN4O2/c1-3-25-17(24)12-9-15(14-6-7-21-18(20)23-14)22-16(12)11-5-4-10(2)8-13(11)19/h4-9,22H,3H2,1-2H3,(H2,20,21,23). The number of esters is 1. The Kier molecular flexibility index (Phi) is 4.72. The maximum Gasteiger partial charge on any atom is 0.340 e. The van der Waals surface area contributed by atoms with Gasteiger partial charge < -0.3 is 15.5 Å². The van der Waals surface area contributed by atoms with Crippen LogP contribution in [0.5, 0.6) is 0 Å². The molecule has 0 saturated heterocycles. The molecule has 2 heterocycles. The van der Waals surface area contributed by atoms with Crippen molar-refractivity contribution in [3.8, 4) is 22.6 Å². The number of nitrogen functional groups attached to an aromatic ring is 1. The van der Waals surface area contributed by atoms with E-state index in [9.17, 15) is 4.79 Å². The van der Waals surface area contributed by atoms with Crippen LogP contribution in [0.1, 0.15) is 22.8 Å². The fraction of sp³-hybridized carbons (Fsp3) is 0.167. The van der Waals surface area contributed by atoms with Crippen LogP contribution in [0, 0.1) is 6.92 Å². The molecule has 3 N–H and O–H groups in total. The van der Waals surface area contributed by atoms with Gasteiger partial charge in [0.25, 0.3) is 0 Å². The number of aryl methyl sites for hydroxylation is 1. The average Bonchev–Trinajstić information content (AvgIpc) is 3.00. The third-order valence-corrected chi connectivity index (χ3v) is 3.97. The molecule has 3 rings (SSSR count). The third-order valence-electron chi connectivity index (χ3n) is 3.66. The molecule has 0 radical (unpaired) electrons. The Balaban J connectivity index is 2.17. The van der Waals surface area contributed by atoms with Crippen LogP contribution in [-0.4, -0.2) is 27.5 Å². The zero-order valence-electron chi connectivity index (χ0n) is 13.8. The van der Waals surface area contributed by atoms with Crippen molar-refractivity contribution in [2.45, 2.75) is 13.8 Å². The molecule has 0 amide bonds. The van der Waals surface area contributed by atoms with E-state index in [0.717, 1.165) is 5.56 Å². The van der Waals surface area contributed by atoms with Crippen LogP contribution >= 0.6 is 11.6 Å². The van der Waals surface area contributed by atoms with Gasteiger partial charge in [-0.1, -0.05) is 23.7 Å². The summed E-state index contributed by atoms with van der Waals surface area (Å²) in [6.45, 7) is 3.99. The quantitative estimate of drug-likeness (QED) is 0.692. The fourth-order valence-corrected chi connectivity index (χ4v) is 2.85. The van der Waals surface area contributed by atoms with Gasteiger partial charge in [0.05, 0.1) is 34.3 Å². The number of H-pyrrole nitrogens is 1. The number of carbonyl (C=O) groups excluding carboxylic acids is 1. The van der Waals surface area contributed by atoms with E-state index in [-0.39, 0.29) is 12.6 Å². The summed E-state index contributed by atoms with van der Waals surface area (Å²) >= 11 is 6.38. The highest BCUT2D eigenvalue weighted by Crippen LogP contribution is 2.33. The summed E-state index contributed by atoms with van der Waals surface area (Å²) in [5.74, 6) is -0.279. The summed E-state index contributed by atoms with van der Waals surface area (Å²) in [6, 6.07) is 9.03. The number of aromatic amines is 1. The van der Waals surface area contributed by atoms with E-state index in [1.54, 1.807) is 25.3 Å². The van der Waals surface area contributed by atoms with Crippen molar-refractivity contribution < 1.29 is 9.53 Å². The second-order valence-electron chi connectivity index (χ2n) is 5.48. The fourth-order valence-electron chi connectivity index (χ4n) is 2.52. The molecule has 6 nitrogen and oxygen atoms in total. The van der Waals surface area contributed by atoms with Gasteiger partial charge in [0.1, 0.15) is 0 Å². The summed E-state index contributed by atoms with van der Waals surface area (Å²) in [7, 11) is 0. The van der Waals surface area contributed by atoms with Gasteiger partial charge in [0.2, 0.25) is 5.95 Å². The van der Waals surface area contributed by atoms with Crippen LogP contribution < -0.4 is 5.73 Å². The van der Waals surface area contributed by atoms with Gasteiger partial charge in [-0.05, 0) is 37.6 Å². The van der Waals surface area contributed by atoms with E-state index in [1.807, 2.05) is 25.1 Å². The summed E-state index contributed by atoms with van der Waals surface area (Å²) in [5, 5.41) is 0.543. The number of benzene rings is 1. The minimum absolute atomic E-state index is 0.153. The number of halogens is 1. The lowest BCUT2D eigenvalue weighted by atomic mass is 10.1. The molecule has 0 aliphatic rings. The molecule has 0 bridgehead atoms. The summed E-state index contributed by atoms with van der Waals surface area (Å²) in [6.07, 6.45) is 1.56. The van der Waals surface area contributed by atoms with E-state index < -0.39 is 5.97 Å². The first-order chi connectivity index (χ1) is 12.0. The number of aromatic nitrogens is 3. The van der Waals surface area contributed by atoms with Crippen LogP contribution in [0.2, 0.25) is 5.02 Å². The summed E-state index contributed by atoms with van der Waals surface area (Å²) in [4.78, 5) is 23.7. The van der Waals surface area contributed by atoms with Crippen molar-refractivity contribution in [2.24, 2.45) is 0 Å². The molecule has 25 heavy (non-hydrogen) atoms. The monoisotopic (exact) mass is 356 g/mol. The lowest BCUT2D eigenvalue weighted by molar-refractivity contribution is 0.0527. The Morgan fingerprint density at radius 3 is 2.80 bits per heavy atom. The molecule has 1 aromatic carbocycles. The number of nitrogens with one attached hydrogen (secondary N) is 1. The first-order valence-corrected chi connectivity index (χ1v) is 8.13. The molecule has 7 heteroatoms. The van der Waals surface area contributed by atoms with E-state index in [0.29, 0.717) is 33.2 Å². The molecule has 0 fully saturated rings. The Morgan fingerprint density at radius 1 is 1.32 bits per heavy atom. The molecule has 0 aliphatic heterocycles. The molecule has 3 aromatic rings. The van der Waals surface area contributed by atoms with Crippen molar-refractivity contribution in [1.29, 1.82) is 0 Å². The van der Waals surface area contributed by atoms with Crippen molar-refractivity contribution >= 4 is 23.5 Å². The van der Waals surface area contributed by atoms with E-state index in [1.165, 1.54) is 0 Å². The van der Waals surface area contributed by atoms with Gasteiger partial charge in [0, 0.05) is 11.8 Å². The number of carbonyl (C=O) groups is 1. The molecule has 0 saturated carbocycles. The van der Waals surface area contributed by atoms with Crippen LogP contribution in [0.25, 0.3) is 22.6 Å². The van der Waals surface area contributed by atoms with Crippen LogP contribution in [0.3, 0.4) is 0 Å². The topological polar surface area (TPSA) is 93.9 Å². The Morgan fingerprint density at radius 2 is 2.12 bits per heavy atom. The SMILES string of the molecule is CCOC(=O)c1cc(-c2ccnc(N)n2)[nH]c1-c1ccc(C)cc1Cl. The molecule has 0 spiro atoms. The maximum atomic E-state index is 12.4. The normalized spacial score (nSPS) is 10.7. The van der Waals surface area contributed by atoms with Crippen LogP contribution in [0.4, 0.5) is 5.95 Å². The molecule has 0 atom stereocenters. The number of anilines is 1. The van der Waals surface area contributed by atoms with Gasteiger partial charge in [-0.15, -0.1) is 0 Å². The first kappa shape index (κ1) is 17.0. The smallest absolute Gasteiger partial charge is 0.340 e. The van der Waals surface area contributed by atoms with Gasteiger partial charge in [-0.25, -0.2) is 14.8 Å². The van der Waals surface area contributed by atoms with Gasteiger partial charge in [-0.2, -0.15) is 0 Å². The van der Waals surface area contributed by atoms with Gasteiger partial charge >= 0.3 is 5.97 Å². The highest BCUT2D eigenvalue weighted by Gasteiger charge is 2.21. The van der Waals surface area contributed by atoms with E-state index in [4.69, 9.17) is 22.1 Å². The molecule has 0 unspecified atom stereocenters. The largest absolute Gasteiger partial charge is 0.462 e. The molecular formula is C18H17ClN4O2. The van der Waals surface area contributed by atoms with Crippen LogP contribution in [0.15, 0.2) is 36.5 Å². The number of rotatable bonds is 4. The second kappa shape index (κ2) is 6.94. The van der Waals surface area contributed by atoms with Gasteiger partial charge in [0.15, 0.2) is 0 Å². The number of nitrogens with zero attached hydrogens (tertiary/aromatic N) is 2. The first-order valence-electron chi connectivity index (χ1n) is 7.75. The predicted molar refractivity (Wildman–Crippen MR) is 97.4 cm³/mol. The van der Waals surface area contributed by atoms with Crippen LogP contribution in [-0.2, 0) is 4.74 Å². The number of hydrogen-bond donors (Lipinski definition) is 2. The van der Waals surface area contributed by atoms with E-state index in [2.05, 4.69) is 15.0 Å². The molecule has 0 aliphatic carbocycles. The Labute approximate surface area is 150 Å². The number of nitrogens with two attached hydrogens (primary N) is 1. The average molecular weight is 357 g/mol. The minimum Gasteiger partial charge on any atom is -0.462 e. The highest BCUT2D eigenvalue weighted by atomic mass is 35.5. The zero-order valence-corrected chi connectivity index (χ0v) is 14.6. The predicted octanol–water partition coefficient (Wildman–Crippen LogP) is 3.86. The zero-order chi connectivity index (χ0) is 18.0. The number of hydrogen-bond acceptors (Lipinski definition) is 5. The molecule has 2 aromatic heterocycles. The Hall–Kier alpha value is -2.86. The van der Waals surface area contributed by atoms with Crippen molar-refractivity contribution in [3.05, 3.63) is 52.7 Å². The van der Waals surface area contributed by atoms with E-state index >= 15 is 0 Å². The Bertz CT molecular complexity index is 937. The molecule has 128 valence electrons. The highest BCUT2D eigenvalue weighted by molar-refractivity contribution is 6.33. The lowest BCUT2D eigenvalue weighted by Crippen LogP contribution is -2.05. The third kappa shape index (κ3) is 3.49. The second-order valence-corrected chi connectivity index (χ2v) is 5.88. The lowest BCUT2D eigenvalue weighted by Gasteiger charge is -2.07. The molecular weight excluding hydrogens is 340 g/mol. The number of ether oxygens (including phenoxy) is 1.